The number of carbonyl (C=O) groups is 2. The Labute approximate surface area is 260 Å². The molecule has 0 aliphatic heterocycles. The molecule has 1 saturated carbocycles. The number of hydrogen-bond acceptors (Lipinski definition) is 4. The van der Waals surface area contributed by atoms with Crippen LogP contribution in [0.5, 0.6) is 11.5 Å². The van der Waals surface area contributed by atoms with Gasteiger partial charge in [-0.15, -0.1) is 0 Å². The van der Waals surface area contributed by atoms with Gasteiger partial charge in [0.2, 0.25) is 0 Å². The van der Waals surface area contributed by atoms with Crippen molar-refractivity contribution in [3.63, 3.8) is 0 Å². The van der Waals surface area contributed by atoms with Gasteiger partial charge < -0.3 is 15.2 Å². The van der Waals surface area contributed by atoms with Crippen LogP contribution in [0.2, 0.25) is 0 Å². The summed E-state index contributed by atoms with van der Waals surface area (Å²) >= 11 is 0. The summed E-state index contributed by atoms with van der Waals surface area (Å²) < 4.78 is 6.26. The molecule has 230 valence electrons. The molecule has 3 aromatic carbocycles. The molecule has 0 saturated heterocycles. The van der Waals surface area contributed by atoms with E-state index in [1.807, 2.05) is 54.6 Å². The number of pyridine rings is 1. The Morgan fingerprint density at radius 2 is 1.55 bits per heavy atom. The summed E-state index contributed by atoms with van der Waals surface area (Å²) in [6.07, 6.45) is 5.32. The lowest BCUT2D eigenvalue weighted by molar-refractivity contribution is -0.137. The normalized spacial score (nSPS) is 14.6. The molecule has 1 atom stereocenters. The number of rotatable bonds is 10. The highest BCUT2D eigenvalue weighted by Crippen LogP contribution is 2.33. The van der Waals surface area contributed by atoms with Crippen LogP contribution < -0.4 is 10.1 Å². The fourth-order valence-corrected chi connectivity index (χ4v) is 6.05. The van der Waals surface area contributed by atoms with Crippen LogP contribution in [-0.4, -0.2) is 22.0 Å². The molecule has 0 spiro atoms. The molecule has 4 aromatic rings. The second-order valence-electron chi connectivity index (χ2n) is 13.5. The molecule has 1 aliphatic rings. The second kappa shape index (κ2) is 13.2. The van der Waals surface area contributed by atoms with Gasteiger partial charge in [-0.05, 0) is 76.1 Å². The number of hydrogen-bond donors (Lipinski definition) is 2. The van der Waals surface area contributed by atoms with E-state index >= 15 is 0 Å². The van der Waals surface area contributed by atoms with E-state index in [1.54, 1.807) is 6.07 Å². The largest absolute Gasteiger partial charge is 0.481 e. The Hall–Kier alpha value is -4.19. The van der Waals surface area contributed by atoms with Crippen molar-refractivity contribution in [1.29, 1.82) is 0 Å². The molecule has 1 aliphatic carbocycles. The van der Waals surface area contributed by atoms with Gasteiger partial charge in [0.1, 0.15) is 17.2 Å². The molecule has 1 amide bonds. The highest BCUT2D eigenvalue weighted by Gasteiger charge is 2.23. The number of aliphatic carboxylic acids is 1. The van der Waals surface area contributed by atoms with Crippen molar-refractivity contribution in [2.24, 2.45) is 5.92 Å². The van der Waals surface area contributed by atoms with Crippen molar-refractivity contribution in [3.05, 3.63) is 101 Å². The van der Waals surface area contributed by atoms with Crippen molar-refractivity contribution in [2.75, 3.05) is 0 Å². The summed E-state index contributed by atoms with van der Waals surface area (Å²) in [5, 5.41) is 14.5. The smallest absolute Gasteiger partial charge is 0.305 e. The summed E-state index contributed by atoms with van der Waals surface area (Å²) in [4.78, 5) is 30.3. The number of ether oxygens (including phenoxy) is 1. The Kier molecular flexibility index (Phi) is 9.38. The first kappa shape index (κ1) is 31.2. The SMILES string of the molecule is CC(C)c1ccc(C(CC(=O)O)NC(=O)c2cc3ccc(Oc4ccc(C(C)(C)C)cc4)cc3c(CC3CCCC3)n2)cc1. The highest BCUT2D eigenvalue weighted by molar-refractivity contribution is 5.98. The van der Waals surface area contributed by atoms with Crippen LogP contribution in [0.25, 0.3) is 10.8 Å². The third-order valence-electron chi connectivity index (χ3n) is 8.72. The molecule has 1 aromatic heterocycles. The Bertz CT molecular complexity index is 1610. The minimum atomic E-state index is -0.975. The van der Waals surface area contributed by atoms with E-state index in [0.29, 0.717) is 17.5 Å². The van der Waals surface area contributed by atoms with Crippen molar-refractivity contribution in [2.45, 2.75) is 90.5 Å². The first-order chi connectivity index (χ1) is 21.0. The third kappa shape index (κ3) is 7.65. The number of nitrogens with one attached hydrogen (secondary N) is 1. The van der Waals surface area contributed by atoms with Crippen LogP contribution >= 0.6 is 0 Å². The summed E-state index contributed by atoms with van der Waals surface area (Å²) in [7, 11) is 0. The quantitative estimate of drug-likeness (QED) is 0.192. The molecule has 1 heterocycles. The number of benzene rings is 3. The predicted octanol–water partition coefficient (Wildman–Crippen LogP) is 9.13. The summed E-state index contributed by atoms with van der Waals surface area (Å²) in [5.41, 5.74) is 4.41. The molecule has 5 rings (SSSR count). The van der Waals surface area contributed by atoms with Crippen LogP contribution in [0.1, 0.15) is 112 Å². The van der Waals surface area contributed by atoms with Crippen LogP contribution in [0.4, 0.5) is 0 Å². The van der Waals surface area contributed by atoms with Gasteiger partial charge in [0.25, 0.3) is 5.91 Å². The lowest BCUT2D eigenvalue weighted by atomic mass is 9.87. The lowest BCUT2D eigenvalue weighted by Crippen LogP contribution is -2.31. The number of aromatic nitrogens is 1. The van der Waals surface area contributed by atoms with E-state index < -0.39 is 12.0 Å². The van der Waals surface area contributed by atoms with Crippen molar-refractivity contribution in [1.82, 2.24) is 10.3 Å². The zero-order valence-corrected chi connectivity index (χ0v) is 26.5. The fraction of sp³-hybridized carbons (Fsp3) is 0.395. The van der Waals surface area contributed by atoms with Gasteiger partial charge >= 0.3 is 5.97 Å². The number of nitrogens with zero attached hydrogens (tertiary/aromatic N) is 1. The molecule has 6 nitrogen and oxygen atoms in total. The van der Waals surface area contributed by atoms with Gasteiger partial charge in [0.05, 0.1) is 12.5 Å². The Balaban J connectivity index is 1.44. The van der Waals surface area contributed by atoms with Crippen LogP contribution in [0.15, 0.2) is 72.8 Å². The highest BCUT2D eigenvalue weighted by atomic mass is 16.5. The van der Waals surface area contributed by atoms with Crippen molar-refractivity contribution >= 4 is 22.6 Å². The standard InChI is InChI=1S/C38H44N2O4/c1-24(2)26-10-12-27(13-11-26)33(23-36(41)42)40-37(43)35-21-28-14-17-31(44-30-18-15-29(16-19-30)38(3,4)5)22-32(28)34(39-35)20-25-8-6-7-9-25/h10-19,21-22,24-25,33H,6-9,20,23H2,1-5H3,(H,40,43)(H,41,42). The van der Waals surface area contributed by atoms with E-state index in [4.69, 9.17) is 9.72 Å². The number of carboxylic acids is 1. The number of amides is 1. The summed E-state index contributed by atoms with van der Waals surface area (Å²) in [6.45, 7) is 10.8. The van der Waals surface area contributed by atoms with E-state index in [0.717, 1.165) is 58.4 Å². The average molecular weight is 593 g/mol. The van der Waals surface area contributed by atoms with Gasteiger partial charge in [-0.3, -0.25) is 9.59 Å². The molecule has 6 heteroatoms. The Morgan fingerprint density at radius 1 is 0.909 bits per heavy atom. The van der Waals surface area contributed by atoms with E-state index in [-0.39, 0.29) is 17.7 Å². The fourth-order valence-electron chi connectivity index (χ4n) is 6.05. The Morgan fingerprint density at radius 3 is 2.16 bits per heavy atom. The number of fused-ring (bicyclic) bond motifs is 1. The van der Waals surface area contributed by atoms with Gasteiger partial charge in [-0.1, -0.05) is 103 Å². The molecule has 0 radical (unpaired) electrons. The van der Waals surface area contributed by atoms with E-state index in [1.165, 1.54) is 18.4 Å². The summed E-state index contributed by atoms with van der Waals surface area (Å²) in [6, 6.07) is 23.0. The van der Waals surface area contributed by atoms with E-state index in [9.17, 15) is 14.7 Å². The first-order valence-electron chi connectivity index (χ1n) is 15.8. The minimum Gasteiger partial charge on any atom is -0.481 e. The van der Waals surface area contributed by atoms with Crippen LogP contribution in [0.3, 0.4) is 0 Å². The zero-order chi connectivity index (χ0) is 31.4. The van der Waals surface area contributed by atoms with E-state index in [2.05, 4.69) is 52.1 Å². The van der Waals surface area contributed by atoms with Crippen LogP contribution in [-0.2, 0) is 16.6 Å². The first-order valence-corrected chi connectivity index (χ1v) is 15.8. The van der Waals surface area contributed by atoms with Crippen molar-refractivity contribution < 1.29 is 19.4 Å². The number of carbonyl (C=O) groups excluding carboxylic acids is 1. The van der Waals surface area contributed by atoms with Gasteiger partial charge in [0, 0.05) is 11.1 Å². The van der Waals surface area contributed by atoms with Crippen molar-refractivity contribution in [3.8, 4) is 11.5 Å². The van der Waals surface area contributed by atoms with Gasteiger partial charge in [-0.25, -0.2) is 4.98 Å². The maximum absolute atomic E-state index is 13.6. The topological polar surface area (TPSA) is 88.5 Å². The number of carboxylic acid groups (broad SMARTS) is 1. The average Bonchev–Trinajstić information content (AvgIpc) is 3.49. The monoisotopic (exact) mass is 592 g/mol. The maximum Gasteiger partial charge on any atom is 0.305 e. The van der Waals surface area contributed by atoms with Gasteiger partial charge in [0.15, 0.2) is 0 Å². The van der Waals surface area contributed by atoms with Crippen LogP contribution in [0, 0.1) is 5.92 Å². The molecule has 0 bridgehead atoms. The lowest BCUT2D eigenvalue weighted by Gasteiger charge is -2.20. The minimum absolute atomic E-state index is 0.0678. The molecule has 1 fully saturated rings. The molecule has 1 unspecified atom stereocenters. The third-order valence-corrected chi connectivity index (χ3v) is 8.72. The molecule has 2 N–H and O–H groups in total. The molecule has 44 heavy (non-hydrogen) atoms. The second-order valence-corrected chi connectivity index (χ2v) is 13.5. The maximum atomic E-state index is 13.6. The predicted molar refractivity (Wildman–Crippen MR) is 176 cm³/mol. The van der Waals surface area contributed by atoms with Gasteiger partial charge in [-0.2, -0.15) is 0 Å². The molecular weight excluding hydrogens is 548 g/mol. The summed E-state index contributed by atoms with van der Waals surface area (Å²) in [5.74, 6) is 1.02. The molecular formula is C38H44N2O4. The zero-order valence-electron chi connectivity index (χ0n) is 26.5.